The van der Waals surface area contributed by atoms with Gasteiger partial charge in [0.15, 0.2) is 5.82 Å². The maximum Gasteiger partial charge on any atom is 0.242 e. The second-order valence-corrected chi connectivity index (χ2v) is 4.65. The van der Waals surface area contributed by atoms with E-state index in [1.165, 1.54) is 17.5 Å². The molecule has 1 aromatic carbocycles. The number of aromatic nitrogens is 2. The fourth-order valence-electron chi connectivity index (χ4n) is 1.89. The average molecular weight is 272 g/mol. The van der Waals surface area contributed by atoms with Crippen LogP contribution in [-0.2, 0) is 0 Å². The van der Waals surface area contributed by atoms with Crippen LogP contribution in [0.5, 0.6) is 5.88 Å². The van der Waals surface area contributed by atoms with E-state index in [4.69, 9.17) is 10.5 Å². The van der Waals surface area contributed by atoms with Crippen molar-refractivity contribution in [3.63, 3.8) is 0 Å². The molecule has 1 heterocycles. The second kappa shape index (κ2) is 6.23. The first-order chi connectivity index (χ1) is 9.61. The van der Waals surface area contributed by atoms with Gasteiger partial charge in [-0.25, -0.2) is 4.98 Å². The first kappa shape index (κ1) is 14.1. The standard InChI is InChI=1S/C15H20N4O/c1-4-20-15-13(16)14(17-9-18-15)19-11(3)12-7-5-10(2)6-8-12/h5-9,11H,4,16H2,1-3H3,(H,17,18,19). The van der Waals surface area contributed by atoms with Gasteiger partial charge in [-0.1, -0.05) is 29.8 Å². The lowest BCUT2D eigenvalue weighted by Gasteiger charge is -2.17. The number of rotatable bonds is 5. The van der Waals surface area contributed by atoms with Crippen molar-refractivity contribution >= 4 is 11.5 Å². The normalized spacial score (nSPS) is 11.9. The van der Waals surface area contributed by atoms with E-state index in [9.17, 15) is 0 Å². The number of hydrogen-bond donors (Lipinski definition) is 2. The van der Waals surface area contributed by atoms with Gasteiger partial charge in [0.1, 0.15) is 12.0 Å². The third-order valence-corrected chi connectivity index (χ3v) is 3.06. The molecule has 0 aliphatic rings. The van der Waals surface area contributed by atoms with Crippen molar-refractivity contribution in [2.45, 2.75) is 26.8 Å². The number of aryl methyl sites for hydroxylation is 1. The van der Waals surface area contributed by atoms with E-state index in [1.807, 2.05) is 6.92 Å². The van der Waals surface area contributed by atoms with E-state index in [0.717, 1.165) is 0 Å². The quantitative estimate of drug-likeness (QED) is 0.875. The molecule has 0 saturated carbocycles. The van der Waals surface area contributed by atoms with Gasteiger partial charge in [0.25, 0.3) is 0 Å². The molecule has 0 radical (unpaired) electrons. The van der Waals surface area contributed by atoms with Gasteiger partial charge in [0.2, 0.25) is 5.88 Å². The Labute approximate surface area is 119 Å². The Bertz CT molecular complexity index is 569. The van der Waals surface area contributed by atoms with Crippen LogP contribution >= 0.6 is 0 Å². The molecule has 0 amide bonds. The zero-order chi connectivity index (χ0) is 14.5. The molecule has 2 aromatic rings. The topological polar surface area (TPSA) is 73.1 Å². The Balaban J connectivity index is 2.17. The summed E-state index contributed by atoms with van der Waals surface area (Å²) >= 11 is 0. The smallest absolute Gasteiger partial charge is 0.242 e. The van der Waals surface area contributed by atoms with Gasteiger partial charge < -0.3 is 15.8 Å². The summed E-state index contributed by atoms with van der Waals surface area (Å²) in [4.78, 5) is 8.20. The summed E-state index contributed by atoms with van der Waals surface area (Å²) in [5, 5.41) is 3.29. The van der Waals surface area contributed by atoms with Gasteiger partial charge in [0, 0.05) is 0 Å². The van der Waals surface area contributed by atoms with Gasteiger partial charge in [0.05, 0.1) is 12.6 Å². The minimum Gasteiger partial charge on any atom is -0.476 e. The number of anilines is 2. The summed E-state index contributed by atoms with van der Waals surface area (Å²) in [5.41, 5.74) is 8.86. The number of benzene rings is 1. The molecular formula is C15H20N4O. The molecule has 106 valence electrons. The summed E-state index contributed by atoms with van der Waals surface area (Å²) < 4.78 is 5.36. The van der Waals surface area contributed by atoms with Crippen molar-refractivity contribution in [1.82, 2.24) is 9.97 Å². The molecule has 1 unspecified atom stereocenters. The van der Waals surface area contributed by atoms with Crippen LogP contribution in [0.25, 0.3) is 0 Å². The highest BCUT2D eigenvalue weighted by molar-refractivity contribution is 5.66. The number of ether oxygens (including phenoxy) is 1. The first-order valence-corrected chi connectivity index (χ1v) is 6.68. The van der Waals surface area contributed by atoms with E-state index in [0.29, 0.717) is 24.0 Å². The van der Waals surface area contributed by atoms with Crippen molar-refractivity contribution in [2.75, 3.05) is 17.7 Å². The highest BCUT2D eigenvalue weighted by Gasteiger charge is 2.12. The summed E-state index contributed by atoms with van der Waals surface area (Å²) in [7, 11) is 0. The van der Waals surface area contributed by atoms with E-state index < -0.39 is 0 Å². The lowest BCUT2D eigenvalue weighted by atomic mass is 10.1. The number of nitrogens with two attached hydrogens (primary N) is 1. The van der Waals surface area contributed by atoms with Crippen molar-refractivity contribution in [1.29, 1.82) is 0 Å². The molecular weight excluding hydrogens is 252 g/mol. The maximum absolute atomic E-state index is 6.01. The minimum atomic E-state index is 0.0993. The third kappa shape index (κ3) is 3.17. The summed E-state index contributed by atoms with van der Waals surface area (Å²) in [6.07, 6.45) is 1.45. The second-order valence-electron chi connectivity index (χ2n) is 4.65. The Hall–Kier alpha value is -2.30. The molecule has 3 N–H and O–H groups in total. The van der Waals surface area contributed by atoms with Gasteiger partial charge in [-0.2, -0.15) is 4.98 Å². The number of hydrogen-bond acceptors (Lipinski definition) is 5. The molecule has 2 rings (SSSR count). The number of nitrogens with zero attached hydrogens (tertiary/aromatic N) is 2. The Morgan fingerprint density at radius 1 is 1.25 bits per heavy atom. The van der Waals surface area contributed by atoms with Crippen LogP contribution in [0.4, 0.5) is 11.5 Å². The van der Waals surface area contributed by atoms with Crippen molar-refractivity contribution in [2.24, 2.45) is 0 Å². The molecule has 5 heteroatoms. The highest BCUT2D eigenvalue weighted by atomic mass is 16.5. The zero-order valence-corrected chi connectivity index (χ0v) is 12.1. The molecule has 0 aliphatic carbocycles. The lowest BCUT2D eigenvalue weighted by Crippen LogP contribution is -2.11. The van der Waals surface area contributed by atoms with Crippen LogP contribution in [0.3, 0.4) is 0 Å². The van der Waals surface area contributed by atoms with Crippen LogP contribution < -0.4 is 15.8 Å². The van der Waals surface area contributed by atoms with Crippen molar-refractivity contribution < 1.29 is 4.74 Å². The van der Waals surface area contributed by atoms with Crippen molar-refractivity contribution in [3.8, 4) is 5.88 Å². The van der Waals surface area contributed by atoms with Crippen LogP contribution in [0.15, 0.2) is 30.6 Å². The fraction of sp³-hybridized carbons (Fsp3) is 0.333. The van der Waals surface area contributed by atoms with E-state index in [1.54, 1.807) is 0 Å². The number of nitrogens with one attached hydrogen (secondary N) is 1. The van der Waals surface area contributed by atoms with Crippen LogP contribution in [0.1, 0.15) is 31.0 Å². The highest BCUT2D eigenvalue weighted by Crippen LogP contribution is 2.27. The summed E-state index contributed by atoms with van der Waals surface area (Å²) in [5.74, 6) is 1.01. The molecule has 20 heavy (non-hydrogen) atoms. The third-order valence-electron chi connectivity index (χ3n) is 3.06. The maximum atomic E-state index is 6.01. The van der Waals surface area contributed by atoms with Crippen LogP contribution in [-0.4, -0.2) is 16.6 Å². The number of nitrogen functional groups attached to an aromatic ring is 1. The molecule has 0 spiro atoms. The monoisotopic (exact) mass is 272 g/mol. The van der Waals surface area contributed by atoms with E-state index in [2.05, 4.69) is 53.4 Å². The Morgan fingerprint density at radius 3 is 2.60 bits per heavy atom. The van der Waals surface area contributed by atoms with Crippen LogP contribution in [0.2, 0.25) is 0 Å². The van der Waals surface area contributed by atoms with Crippen molar-refractivity contribution in [3.05, 3.63) is 41.7 Å². The fourth-order valence-corrected chi connectivity index (χ4v) is 1.89. The SMILES string of the molecule is CCOc1ncnc(NC(C)c2ccc(C)cc2)c1N. The van der Waals surface area contributed by atoms with Gasteiger partial charge >= 0.3 is 0 Å². The van der Waals surface area contributed by atoms with Crippen LogP contribution in [0, 0.1) is 6.92 Å². The average Bonchev–Trinajstić information content (AvgIpc) is 2.44. The molecule has 1 atom stereocenters. The van der Waals surface area contributed by atoms with Gasteiger partial charge in [-0.3, -0.25) is 0 Å². The largest absolute Gasteiger partial charge is 0.476 e. The molecule has 0 aliphatic heterocycles. The molecule has 0 fully saturated rings. The van der Waals surface area contributed by atoms with Gasteiger partial charge in [-0.05, 0) is 26.3 Å². The minimum absolute atomic E-state index is 0.0993. The Morgan fingerprint density at radius 2 is 1.95 bits per heavy atom. The molecule has 5 nitrogen and oxygen atoms in total. The van der Waals surface area contributed by atoms with Gasteiger partial charge in [-0.15, -0.1) is 0 Å². The lowest BCUT2D eigenvalue weighted by molar-refractivity contribution is 0.328. The first-order valence-electron chi connectivity index (χ1n) is 6.68. The molecule has 1 aromatic heterocycles. The van der Waals surface area contributed by atoms with E-state index in [-0.39, 0.29) is 6.04 Å². The van der Waals surface area contributed by atoms with E-state index >= 15 is 0 Å². The molecule has 0 bridgehead atoms. The summed E-state index contributed by atoms with van der Waals surface area (Å²) in [6, 6.07) is 8.45. The summed E-state index contributed by atoms with van der Waals surface area (Å²) in [6.45, 7) is 6.54. The predicted octanol–water partition coefficient (Wildman–Crippen LogP) is 2.94. The molecule has 0 saturated heterocycles. The Kier molecular flexibility index (Phi) is 4.40. The predicted molar refractivity (Wildman–Crippen MR) is 80.8 cm³/mol. The zero-order valence-electron chi connectivity index (χ0n) is 12.1.